The van der Waals surface area contributed by atoms with E-state index in [1.54, 1.807) is 43.3 Å². The van der Waals surface area contributed by atoms with Crippen LogP contribution in [0.15, 0.2) is 48.5 Å². The molecule has 0 heterocycles. The summed E-state index contributed by atoms with van der Waals surface area (Å²) in [5.41, 5.74) is 0.956. The molecule has 0 saturated heterocycles. The number of aromatic hydroxyl groups is 1. The fourth-order valence-electron chi connectivity index (χ4n) is 1.78. The number of aliphatic carboxylic acids is 1. The maximum absolute atomic E-state index is 10.8. The molecule has 0 unspecified atom stereocenters. The minimum absolute atomic E-state index is 0.190. The predicted octanol–water partition coefficient (Wildman–Crippen LogP) is 3.45. The largest absolute Gasteiger partial charge is 0.508 e. The molecule has 0 aliphatic rings. The predicted molar refractivity (Wildman–Crippen MR) is 75.1 cm³/mol. The van der Waals surface area contributed by atoms with Gasteiger partial charge in [-0.15, -0.1) is 0 Å². The number of carboxylic acids is 1. The molecule has 0 saturated carbocycles. The molecule has 0 aromatic heterocycles. The topological polar surface area (TPSA) is 66.8 Å². The van der Waals surface area contributed by atoms with Crippen LogP contribution in [0.3, 0.4) is 0 Å². The first-order valence-corrected chi connectivity index (χ1v) is 6.33. The van der Waals surface area contributed by atoms with Crippen molar-refractivity contribution in [2.45, 2.75) is 13.3 Å². The van der Waals surface area contributed by atoms with Crippen LogP contribution in [0.4, 0.5) is 0 Å². The normalized spacial score (nSPS) is 11.8. The Morgan fingerprint density at radius 2 is 1.55 bits per heavy atom. The average molecular weight is 272 g/mol. The van der Waals surface area contributed by atoms with E-state index in [0.29, 0.717) is 17.9 Å². The Bertz CT molecular complexity index is 572. The number of rotatable bonds is 5. The zero-order chi connectivity index (χ0) is 14.5. The van der Waals surface area contributed by atoms with Gasteiger partial charge in [0.2, 0.25) is 0 Å². The minimum atomic E-state index is -0.797. The van der Waals surface area contributed by atoms with Crippen LogP contribution in [-0.2, 0) is 11.2 Å². The Morgan fingerprint density at radius 3 is 2.05 bits per heavy atom. The van der Waals surface area contributed by atoms with Gasteiger partial charge in [0.25, 0.3) is 0 Å². The van der Waals surface area contributed by atoms with Crippen LogP contribution < -0.4 is 4.74 Å². The number of phenolic OH excluding ortho intramolecular Hbond substituents is 1. The van der Waals surface area contributed by atoms with Crippen molar-refractivity contribution in [1.82, 2.24) is 0 Å². The van der Waals surface area contributed by atoms with E-state index in [2.05, 4.69) is 0 Å². The standard InChI is InChI=1S/C16H16O4/c1-11(16(18)19)10-12-2-6-14(7-3-12)20-15-8-4-13(17)5-9-15/h2-9,11,17H,10H2,1H3,(H,18,19)/t11-/m0/s1. The Labute approximate surface area is 117 Å². The molecule has 0 amide bonds. The highest BCUT2D eigenvalue weighted by Crippen LogP contribution is 2.24. The molecule has 1 atom stereocenters. The van der Waals surface area contributed by atoms with E-state index in [9.17, 15) is 9.90 Å². The number of benzene rings is 2. The van der Waals surface area contributed by atoms with Crippen LogP contribution in [0.5, 0.6) is 17.2 Å². The first-order chi connectivity index (χ1) is 9.54. The molecule has 2 aromatic rings. The summed E-state index contributed by atoms with van der Waals surface area (Å²) in [6.45, 7) is 1.68. The van der Waals surface area contributed by atoms with E-state index in [-0.39, 0.29) is 5.75 Å². The van der Waals surface area contributed by atoms with Gasteiger partial charge in [-0.1, -0.05) is 19.1 Å². The lowest BCUT2D eigenvalue weighted by Crippen LogP contribution is -2.12. The Hall–Kier alpha value is -2.49. The highest BCUT2D eigenvalue weighted by Gasteiger charge is 2.11. The quantitative estimate of drug-likeness (QED) is 0.874. The summed E-state index contributed by atoms with van der Waals surface area (Å²) in [7, 11) is 0. The number of phenols is 1. The van der Waals surface area contributed by atoms with Crippen molar-refractivity contribution in [3.63, 3.8) is 0 Å². The first-order valence-electron chi connectivity index (χ1n) is 6.33. The minimum Gasteiger partial charge on any atom is -0.508 e. The van der Waals surface area contributed by atoms with Crippen LogP contribution in [0.1, 0.15) is 12.5 Å². The average Bonchev–Trinajstić information content (AvgIpc) is 2.43. The third-order valence-corrected chi connectivity index (χ3v) is 2.96. The number of carboxylic acid groups (broad SMARTS) is 1. The molecule has 0 bridgehead atoms. The van der Waals surface area contributed by atoms with Crippen molar-refractivity contribution < 1.29 is 19.7 Å². The molecule has 104 valence electrons. The van der Waals surface area contributed by atoms with Crippen molar-refractivity contribution >= 4 is 5.97 Å². The molecule has 4 nitrogen and oxygen atoms in total. The second-order valence-electron chi connectivity index (χ2n) is 4.68. The molecule has 0 spiro atoms. The smallest absolute Gasteiger partial charge is 0.306 e. The van der Waals surface area contributed by atoms with Gasteiger partial charge in [0, 0.05) is 0 Å². The van der Waals surface area contributed by atoms with Crippen molar-refractivity contribution in [3.05, 3.63) is 54.1 Å². The van der Waals surface area contributed by atoms with Gasteiger partial charge in [-0.3, -0.25) is 4.79 Å². The summed E-state index contributed by atoms with van der Waals surface area (Å²) in [6.07, 6.45) is 0.495. The van der Waals surface area contributed by atoms with Crippen molar-refractivity contribution in [2.75, 3.05) is 0 Å². The molecule has 2 rings (SSSR count). The summed E-state index contributed by atoms with van der Waals surface area (Å²) in [5, 5.41) is 18.1. The molecule has 0 radical (unpaired) electrons. The van der Waals surface area contributed by atoms with Crippen molar-refractivity contribution in [3.8, 4) is 17.2 Å². The van der Waals surface area contributed by atoms with E-state index in [4.69, 9.17) is 9.84 Å². The second kappa shape index (κ2) is 6.10. The van der Waals surface area contributed by atoms with Crippen LogP contribution in [0.25, 0.3) is 0 Å². The van der Waals surface area contributed by atoms with Crippen LogP contribution >= 0.6 is 0 Å². The molecule has 0 aliphatic carbocycles. The number of carbonyl (C=O) groups is 1. The molecule has 4 heteroatoms. The third-order valence-electron chi connectivity index (χ3n) is 2.96. The monoisotopic (exact) mass is 272 g/mol. The number of hydrogen-bond donors (Lipinski definition) is 2. The lowest BCUT2D eigenvalue weighted by atomic mass is 10.0. The fraction of sp³-hybridized carbons (Fsp3) is 0.188. The zero-order valence-corrected chi connectivity index (χ0v) is 11.1. The van der Waals surface area contributed by atoms with Crippen LogP contribution in [0, 0.1) is 5.92 Å². The van der Waals surface area contributed by atoms with Crippen molar-refractivity contribution in [1.29, 1.82) is 0 Å². The van der Waals surface area contributed by atoms with E-state index < -0.39 is 11.9 Å². The van der Waals surface area contributed by atoms with Gasteiger partial charge < -0.3 is 14.9 Å². The number of ether oxygens (including phenoxy) is 1. The van der Waals surface area contributed by atoms with E-state index in [1.165, 1.54) is 0 Å². The Balaban J connectivity index is 2.01. The maximum atomic E-state index is 10.8. The lowest BCUT2D eigenvalue weighted by Gasteiger charge is -2.08. The molecular formula is C16H16O4. The SMILES string of the molecule is C[C@@H](Cc1ccc(Oc2ccc(O)cc2)cc1)C(=O)O. The van der Waals surface area contributed by atoms with Gasteiger partial charge in [-0.05, 0) is 48.4 Å². The second-order valence-corrected chi connectivity index (χ2v) is 4.68. The van der Waals surface area contributed by atoms with Gasteiger partial charge in [-0.2, -0.15) is 0 Å². The molecule has 0 aliphatic heterocycles. The Kier molecular flexibility index (Phi) is 4.25. The van der Waals surface area contributed by atoms with E-state index in [0.717, 1.165) is 5.56 Å². The highest BCUT2D eigenvalue weighted by atomic mass is 16.5. The van der Waals surface area contributed by atoms with Gasteiger partial charge in [-0.25, -0.2) is 0 Å². The summed E-state index contributed by atoms with van der Waals surface area (Å²) in [5.74, 6) is 0.292. The third kappa shape index (κ3) is 3.75. The van der Waals surface area contributed by atoms with E-state index in [1.807, 2.05) is 12.1 Å². The molecule has 0 fully saturated rings. The summed E-state index contributed by atoms with van der Waals surface area (Å²) >= 11 is 0. The maximum Gasteiger partial charge on any atom is 0.306 e. The summed E-state index contributed by atoms with van der Waals surface area (Å²) in [4.78, 5) is 10.8. The fourth-order valence-corrected chi connectivity index (χ4v) is 1.78. The van der Waals surface area contributed by atoms with Gasteiger partial charge in [0.15, 0.2) is 0 Å². The lowest BCUT2D eigenvalue weighted by molar-refractivity contribution is -0.141. The summed E-state index contributed by atoms with van der Waals surface area (Å²) in [6, 6.07) is 13.8. The molecule has 2 aromatic carbocycles. The van der Waals surface area contributed by atoms with E-state index >= 15 is 0 Å². The molecular weight excluding hydrogens is 256 g/mol. The summed E-state index contributed by atoms with van der Waals surface area (Å²) < 4.78 is 5.61. The first kappa shape index (κ1) is 13.9. The molecule has 2 N–H and O–H groups in total. The van der Waals surface area contributed by atoms with Crippen LogP contribution in [-0.4, -0.2) is 16.2 Å². The molecule has 20 heavy (non-hydrogen) atoms. The van der Waals surface area contributed by atoms with Crippen LogP contribution in [0.2, 0.25) is 0 Å². The van der Waals surface area contributed by atoms with Gasteiger partial charge in [0.1, 0.15) is 17.2 Å². The van der Waals surface area contributed by atoms with Gasteiger partial charge >= 0.3 is 5.97 Å². The number of hydrogen-bond acceptors (Lipinski definition) is 3. The highest BCUT2D eigenvalue weighted by molar-refractivity contribution is 5.69. The zero-order valence-electron chi connectivity index (χ0n) is 11.1. The van der Waals surface area contributed by atoms with Crippen molar-refractivity contribution in [2.24, 2.45) is 5.92 Å². The van der Waals surface area contributed by atoms with Gasteiger partial charge in [0.05, 0.1) is 5.92 Å². The Morgan fingerprint density at radius 1 is 1.05 bits per heavy atom.